The third-order valence-electron chi connectivity index (χ3n) is 5.16. The summed E-state index contributed by atoms with van der Waals surface area (Å²) >= 11 is 1.13. The molecule has 0 radical (unpaired) electrons. The fourth-order valence-electron chi connectivity index (χ4n) is 3.71. The molecule has 2 heterocycles. The second-order valence-electron chi connectivity index (χ2n) is 7.51. The third kappa shape index (κ3) is 5.87. The highest BCUT2D eigenvalue weighted by Gasteiger charge is 2.34. The molecule has 1 atom stereocenters. The van der Waals surface area contributed by atoms with Crippen LogP contribution in [-0.4, -0.2) is 67.2 Å². The standard InChI is InChI=1S/C21H27N3O7S2/c1-4-30-18(25)13-23-15-10-9-14(20(27)31-5-2)12-17(15)32-21(23)22-19(26)16-8-6-7-11-24(16)33(3,28)29/h9-10,12,16H,4-8,11,13H2,1-3H3. The van der Waals surface area contributed by atoms with Gasteiger partial charge in [-0.1, -0.05) is 17.8 Å². The van der Waals surface area contributed by atoms with Crippen molar-refractivity contribution < 1.29 is 32.3 Å². The second kappa shape index (κ2) is 10.6. The fraction of sp³-hybridized carbons (Fsp3) is 0.524. The summed E-state index contributed by atoms with van der Waals surface area (Å²) in [4.78, 5) is 41.8. The highest BCUT2D eigenvalue weighted by molar-refractivity contribution is 7.88. The number of hydrogen-bond donors (Lipinski definition) is 0. The number of benzene rings is 1. The molecule has 1 aliphatic heterocycles. The highest BCUT2D eigenvalue weighted by atomic mass is 32.2. The van der Waals surface area contributed by atoms with E-state index in [1.165, 1.54) is 4.31 Å². The molecule has 1 amide bonds. The van der Waals surface area contributed by atoms with Gasteiger partial charge in [0.15, 0.2) is 4.80 Å². The molecule has 0 saturated carbocycles. The minimum atomic E-state index is -3.57. The van der Waals surface area contributed by atoms with E-state index in [9.17, 15) is 22.8 Å². The normalized spacial score (nSPS) is 17.8. The van der Waals surface area contributed by atoms with Crippen molar-refractivity contribution in [3.63, 3.8) is 0 Å². The molecule has 12 heteroatoms. The Morgan fingerprint density at radius 1 is 1.15 bits per heavy atom. The van der Waals surface area contributed by atoms with Crippen molar-refractivity contribution in [2.45, 2.75) is 45.7 Å². The van der Waals surface area contributed by atoms with E-state index in [0.717, 1.165) is 24.0 Å². The van der Waals surface area contributed by atoms with Crippen molar-refractivity contribution in [2.75, 3.05) is 26.0 Å². The van der Waals surface area contributed by atoms with Crippen LogP contribution in [0.15, 0.2) is 23.2 Å². The lowest BCUT2D eigenvalue weighted by Gasteiger charge is -2.31. The van der Waals surface area contributed by atoms with Crippen LogP contribution in [0.1, 0.15) is 43.5 Å². The molecule has 2 aromatic rings. The number of esters is 2. The minimum Gasteiger partial charge on any atom is -0.465 e. The van der Waals surface area contributed by atoms with E-state index in [4.69, 9.17) is 9.47 Å². The summed E-state index contributed by atoms with van der Waals surface area (Å²) in [5.41, 5.74) is 0.929. The monoisotopic (exact) mass is 497 g/mol. The number of amides is 1. The molecule has 0 N–H and O–H groups in total. The van der Waals surface area contributed by atoms with Gasteiger partial charge < -0.3 is 14.0 Å². The molecule has 0 aliphatic carbocycles. The zero-order valence-electron chi connectivity index (χ0n) is 18.8. The summed E-state index contributed by atoms with van der Waals surface area (Å²) in [7, 11) is -3.57. The zero-order valence-corrected chi connectivity index (χ0v) is 20.4. The molecule has 3 rings (SSSR count). The lowest BCUT2D eigenvalue weighted by atomic mass is 10.0. The van der Waals surface area contributed by atoms with Gasteiger partial charge in [-0.05, 0) is 44.9 Å². The summed E-state index contributed by atoms with van der Waals surface area (Å²) in [6, 6.07) is 3.97. The molecule has 1 fully saturated rings. The van der Waals surface area contributed by atoms with Crippen molar-refractivity contribution in [3.05, 3.63) is 28.6 Å². The van der Waals surface area contributed by atoms with Gasteiger partial charge in [0.05, 0.1) is 35.2 Å². The summed E-state index contributed by atoms with van der Waals surface area (Å²) in [5, 5.41) is 0. The Kier molecular flexibility index (Phi) is 8.03. The number of fused-ring (bicyclic) bond motifs is 1. The van der Waals surface area contributed by atoms with Crippen LogP contribution in [0, 0.1) is 0 Å². The number of thiazole rings is 1. The number of rotatable bonds is 7. The topological polar surface area (TPSA) is 124 Å². The van der Waals surface area contributed by atoms with Gasteiger partial charge in [-0.3, -0.25) is 9.59 Å². The number of sulfonamides is 1. The molecular weight excluding hydrogens is 470 g/mol. The molecule has 1 unspecified atom stereocenters. The van der Waals surface area contributed by atoms with Crippen molar-refractivity contribution in [1.29, 1.82) is 0 Å². The molecular formula is C21H27N3O7S2. The van der Waals surface area contributed by atoms with Gasteiger partial charge in [0.25, 0.3) is 5.91 Å². The third-order valence-corrected chi connectivity index (χ3v) is 7.49. The van der Waals surface area contributed by atoms with Gasteiger partial charge in [0.2, 0.25) is 10.0 Å². The van der Waals surface area contributed by atoms with Gasteiger partial charge >= 0.3 is 11.9 Å². The minimum absolute atomic E-state index is 0.181. The average Bonchev–Trinajstić information content (AvgIpc) is 3.09. The number of aromatic nitrogens is 1. The quantitative estimate of drug-likeness (QED) is 0.533. The molecule has 1 aromatic carbocycles. The lowest BCUT2D eigenvalue weighted by Crippen LogP contribution is -2.47. The fourth-order valence-corrected chi connectivity index (χ4v) is 5.90. The second-order valence-corrected chi connectivity index (χ2v) is 10.5. The van der Waals surface area contributed by atoms with Gasteiger partial charge in [-0.25, -0.2) is 13.2 Å². The maximum absolute atomic E-state index is 13.1. The number of carbonyl (C=O) groups excluding carboxylic acids is 3. The van der Waals surface area contributed by atoms with Crippen molar-refractivity contribution in [3.8, 4) is 0 Å². The summed E-state index contributed by atoms with van der Waals surface area (Å²) in [6.07, 6.45) is 2.86. The molecule has 10 nitrogen and oxygen atoms in total. The first kappa shape index (κ1) is 25.1. The molecule has 1 aromatic heterocycles. The smallest absolute Gasteiger partial charge is 0.338 e. The predicted molar refractivity (Wildman–Crippen MR) is 122 cm³/mol. The molecule has 0 bridgehead atoms. The van der Waals surface area contributed by atoms with Crippen LogP contribution in [0.3, 0.4) is 0 Å². The number of nitrogens with zero attached hydrogens (tertiary/aromatic N) is 3. The van der Waals surface area contributed by atoms with E-state index in [2.05, 4.69) is 4.99 Å². The van der Waals surface area contributed by atoms with Crippen LogP contribution < -0.4 is 4.80 Å². The zero-order chi connectivity index (χ0) is 24.2. The van der Waals surface area contributed by atoms with Crippen LogP contribution in [0.5, 0.6) is 0 Å². The van der Waals surface area contributed by atoms with Gasteiger partial charge in [0, 0.05) is 6.54 Å². The SMILES string of the molecule is CCOC(=O)Cn1c(=NC(=O)C2CCCCN2S(C)(=O)=O)sc2cc(C(=O)OCC)ccc21. The highest BCUT2D eigenvalue weighted by Crippen LogP contribution is 2.23. The van der Waals surface area contributed by atoms with Crippen LogP contribution in [0.4, 0.5) is 0 Å². The molecule has 33 heavy (non-hydrogen) atoms. The molecule has 1 aliphatic rings. The number of hydrogen-bond acceptors (Lipinski definition) is 8. The van der Waals surface area contributed by atoms with E-state index in [1.807, 2.05) is 0 Å². The molecule has 0 spiro atoms. The molecule has 180 valence electrons. The molecule has 1 saturated heterocycles. The average molecular weight is 498 g/mol. The van der Waals surface area contributed by atoms with E-state index in [1.54, 1.807) is 36.6 Å². The Labute approximate surface area is 195 Å². The first-order valence-corrected chi connectivity index (χ1v) is 13.3. The Balaban J connectivity index is 2.08. The maximum Gasteiger partial charge on any atom is 0.338 e. The maximum atomic E-state index is 13.1. The predicted octanol–water partition coefficient (Wildman–Crippen LogP) is 1.68. The largest absolute Gasteiger partial charge is 0.465 e. The van der Waals surface area contributed by atoms with Crippen molar-refractivity contribution in [1.82, 2.24) is 8.87 Å². The van der Waals surface area contributed by atoms with Crippen LogP contribution >= 0.6 is 11.3 Å². The van der Waals surface area contributed by atoms with E-state index in [-0.39, 0.29) is 31.1 Å². The number of ether oxygens (including phenoxy) is 2. The Bertz CT molecular complexity index is 1230. The number of carbonyl (C=O) groups is 3. The lowest BCUT2D eigenvalue weighted by molar-refractivity contribution is -0.143. The van der Waals surface area contributed by atoms with Gasteiger partial charge in [-0.15, -0.1) is 0 Å². The van der Waals surface area contributed by atoms with Gasteiger partial charge in [0.1, 0.15) is 12.6 Å². The Morgan fingerprint density at radius 2 is 1.88 bits per heavy atom. The van der Waals surface area contributed by atoms with Gasteiger partial charge in [-0.2, -0.15) is 9.30 Å². The first-order chi connectivity index (χ1) is 15.7. The van der Waals surface area contributed by atoms with Crippen LogP contribution in [0.25, 0.3) is 10.2 Å². The Hall–Kier alpha value is -2.57. The summed E-state index contributed by atoms with van der Waals surface area (Å²) < 4.78 is 37.8. The summed E-state index contributed by atoms with van der Waals surface area (Å²) in [5.74, 6) is -1.57. The van der Waals surface area contributed by atoms with E-state index >= 15 is 0 Å². The van der Waals surface area contributed by atoms with E-state index in [0.29, 0.717) is 28.6 Å². The Morgan fingerprint density at radius 3 is 2.55 bits per heavy atom. The van der Waals surface area contributed by atoms with Crippen LogP contribution in [-0.2, 0) is 35.6 Å². The van der Waals surface area contributed by atoms with Crippen molar-refractivity contribution >= 4 is 49.4 Å². The first-order valence-electron chi connectivity index (χ1n) is 10.7. The van der Waals surface area contributed by atoms with E-state index < -0.39 is 33.9 Å². The summed E-state index contributed by atoms with van der Waals surface area (Å²) in [6.45, 7) is 3.92. The van der Waals surface area contributed by atoms with Crippen molar-refractivity contribution in [2.24, 2.45) is 4.99 Å². The van der Waals surface area contributed by atoms with Crippen LogP contribution in [0.2, 0.25) is 0 Å². The number of piperidine rings is 1.